The highest BCUT2D eigenvalue weighted by Crippen LogP contribution is 2.31. The van der Waals surface area contributed by atoms with Crippen molar-refractivity contribution in [2.24, 2.45) is 0 Å². The molecular formula is C19H29N3O3. The van der Waals surface area contributed by atoms with Gasteiger partial charge in [-0.15, -0.1) is 0 Å². The fourth-order valence-electron chi connectivity index (χ4n) is 2.96. The van der Waals surface area contributed by atoms with E-state index in [0.717, 1.165) is 44.2 Å². The molecule has 1 aliphatic heterocycles. The third-order valence-corrected chi connectivity index (χ3v) is 4.21. The van der Waals surface area contributed by atoms with Crippen molar-refractivity contribution in [3.63, 3.8) is 0 Å². The number of carbonyl (C=O) groups excluding carboxylic acids is 2. The lowest BCUT2D eigenvalue weighted by atomic mass is 10.1. The van der Waals surface area contributed by atoms with Crippen LogP contribution in [0.3, 0.4) is 0 Å². The number of amides is 2. The monoisotopic (exact) mass is 347 g/mol. The molecule has 6 heteroatoms. The first kappa shape index (κ1) is 19.2. The first-order valence-electron chi connectivity index (χ1n) is 9.03. The van der Waals surface area contributed by atoms with Crippen LogP contribution >= 0.6 is 0 Å². The molecule has 0 spiro atoms. The molecule has 0 N–H and O–H groups in total. The molecule has 0 bridgehead atoms. The first-order valence-corrected chi connectivity index (χ1v) is 9.03. The van der Waals surface area contributed by atoms with Crippen molar-refractivity contribution in [2.45, 2.75) is 65.0 Å². The van der Waals surface area contributed by atoms with Gasteiger partial charge in [-0.25, -0.2) is 9.78 Å². The second kappa shape index (κ2) is 8.32. The number of pyridine rings is 1. The van der Waals surface area contributed by atoms with Crippen LogP contribution in [0.4, 0.5) is 10.6 Å². The topological polar surface area (TPSA) is 62.7 Å². The molecule has 1 atom stereocenters. The van der Waals surface area contributed by atoms with Crippen molar-refractivity contribution in [3.8, 4) is 0 Å². The maximum Gasteiger partial charge on any atom is 0.416 e. The fraction of sp³-hybridized carbons (Fsp3) is 0.632. The van der Waals surface area contributed by atoms with Crippen molar-refractivity contribution in [1.29, 1.82) is 0 Å². The lowest BCUT2D eigenvalue weighted by Gasteiger charge is -2.27. The van der Waals surface area contributed by atoms with Gasteiger partial charge in [-0.05, 0) is 51.7 Å². The number of anilines is 1. The number of hydrogen-bond donors (Lipinski definition) is 0. The molecule has 1 fully saturated rings. The first-order chi connectivity index (χ1) is 11.9. The Morgan fingerprint density at radius 3 is 2.76 bits per heavy atom. The number of hydrogen-bond acceptors (Lipinski definition) is 4. The minimum absolute atomic E-state index is 0.0877. The zero-order chi connectivity index (χ0) is 18.4. The Labute approximate surface area is 150 Å². The Morgan fingerprint density at radius 2 is 2.20 bits per heavy atom. The standard InChI is InChI=1S/C19H29N3O3/c1-5-6-12-22(18(24)25-19(2,3)4)17-10-9-15(13-20-17)16-8-7-11-21(16)14-23/h9-10,13-14,16H,5-8,11-12H2,1-4H3/t16-/m1/s1. The molecule has 25 heavy (non-hydrogen) atoms. The largest absolute Gasteiger partial charge is 0.443 e. The minimum atomic E-state index is -0.546. The third-order valence-electron chi connectivity index (χ3n) is 4.21. The number of unbranched alkanes of at least 4 members (excludes halogenated alkanes) is 1. The zero-order valence-electron chi connectivity index (χ0n) is 15.7. The number of rotatable bonds is 6. The van der Waals surface area contributed by atoms with Crippen molar-refractivity contribution in [3.05, 3.63) is 23.9 Å². The summed E-state index contributed by atoms with van der Waals surface area (Å²) in [6.45, 7) is 9.00. The van der Waals surface area contributed by atoms with Gasteiger partial charge in [-0.3, -0.25) is 9.69 Å². The lowest BCUT2D eigenvalue weighted by Crippen LogP contribution is -2.38. The van der Waals surface area contributed by atoms with Crippen molar-refractivity contribution >= 4 is 18.3 Å². The number of aromatic nitrogens is 1. The molecule has 1 aromatic heterocycles. The Balaban J connectivity index is 2.17. The molecule has 0 aliphatic carbocycles. The second-order valence-corrected chi connectivity index (χ2v) is 7.44. The molecule has 1 aliphatic rings. The number of ether oxygens (including phenoxy) is 1. The molecule has 0 unspecified atom stereocenters. The van der Waals surface area contributed by atoms with E-state index in [2.05, 4.69) is 11.9 Å². The van der Waals surface area contributed by atoms with Crippen LogP contribution in [0.2, 0.25) is 0 Å². The van der Waals surface area contributed by atoms with Gasteiger partial charge in [0.25, 0.3) is 0 Å². The summed E-state index contributed by atoms with van der Waals surface area (Å²) in [4.78, 5) is 31.5. The lowest BCUT2D eigenvalue weighted by molar-refractivity contribution is -0.118. The van der Waals surface area contributed by atoms with Crippen molar-refractivity contribution < 1.29 is 14.3 Å². The molecular weight excluding hydrogens is 318 g/mol. The molecule has 0 radical (unpaired) electrons. The van der Waals surface area contributed by atoms with E-state index < -0.39 is 5.60 Å². The highest BCUT2D eigenvalue weighted by molar-refractivity contribution is 5.86. The Kier molecular flexibility index (Phi) is 6.39. The van der Waals surface area contributed by atoms with Gasteiger partial charge in [0.1, 0.15) is 11.4 Å². The summed E-state index contributed by atoms with van der Waals surface area (Å²) in [5.74, 6) is 0.585. The predicted octanol–water partition coefficient (Wildman–Crippen LogP) is 3.92. The summed E-state index contributed by atoms with van der Waals surface area (Å²) in [5.41, 5.74) is 0.462. The summed E-state index contributed by atoms with van der Waals surface area (Å²) in [6.07, 6.45) is 6.11. The maximum atomic E-state index is 12.5. The second-order valence-electron chi connectivity index (χ2n) is 7.44. The van der Waals surface area contributed by atoms with E-state index in [-0.39, 0.29) is 12.1 Å². The van der Waals surface area contributed by atoms with Gasteiger partial charge in [-0.2, -0.15) is 0 Å². The Morgan fingerprint density at radius 1 is 1.44 bits per heavy atom. The van der Waals surface area contributed by atoms with Gasteiger partial charge in [0.2, 0.25) is 6.41 Å². The van der Waals surface area contributed by atoms with Gasteiger partial charge < -0.3 is 9.64 Å². The molecule has 6 nitrogen and oxygen atoms in total. The summed E-state index contributed by atoms with van der Waals surface area (Å²) in [5, 5.41) is 0. The van der Waals surface area contributed by atoms with Crippen molar-refractivity contribution in [1.82, 2.24) is 9.88 Å². The third kappa shape index (κ3) is 5.18. The van der Waals surface area contributed by atoms with Gasteiger partial charge >= 0.3 is 6.09 Å². The number of nitrogens with zero attached hydrogens (tertiary/aromatic N) is 3. The summed E-state index contributed by atoms with van der Waals surface area (Å²) < 4.78 is 5.51. The van der Waals surface area contributed by atoms with Crippen LogP contribution in [0.1, 0.15) is 65.0 Å². The highest BCUT2D eigenvalue weighted by Gasteiger charge is 2.27. The highest BCUT2D eigenvalue weighted by atomic mass is 16.6. The normalized spacial score (nSPS) is 17.4. The molecule has 0 saturated carbocycles. The zero-order valence-corrected chi connectivity index (χ0v) is 15.7. The molecule has 0 aromatic carbocycles. The Bertz CT molecular complexity index is 581. The molecule has 138 valence electrons. The van der Waals surface area contributed by atoms with Crippen LogP contribution in [0.5, 0.6) is 0 Å². The number of likely N-dealkylation sites (tertiary alicyclic amines) is 1. The van der Waals surface area contributed by atoms with E-state index in [4.69, 9.17) is 4.74 Å². The van der Waals surface area contributed by atoms with Crippen LogP contribution < -0.4 is 4.90 Å². The van der Waals surface area contributed by atoms with Gasteiger partial charge in [-0.1, -0.05) is 19.4 Å². The van der Waals surface area contributed by atoms with E-state index in [0.29, 0.717) is 12.4 Å². The van der Waals surface area contributed by atoms with E-state index in [1.807, 2.05) is 32.9 Å². The van der Waals surface area contributed by atoms with Crippen LogP contribution in [0.25, 0.3) is 0 Å². The fourth-order valence-corrected chi connectivity index (χ4v) is 2.96. The van der Waals surface area contributed by atoms with Crippen molar-refractivity contribution in [2.75, 3.05) is 18.0 Å². The van der Waals surface area contributed by atoms with Crippen LogP contribution in [0.15, 0.2) is 18.3 Å². The van der Waals surface area contributed by atoms with Crippen LogP contribution in [0, 0.1) is 0 Å². The van der Waals surface area contributed by atoms with Gasteiger partial charge in [0.15, 0.2) is 0 Å². The van der Waals surface area contributed by atoms with E-state index in [1.165, 1.54) is 0 Å². The average molecular weight is 347 g/mol. The number of carbonyl (C=O) groups is 2. The summed E-state index contributed by atoms with van der Waals surface area (Å²) in [7, 11) is 0. The minimum Gasteiger partial charge on any atom is -0.443 e. The summed E-state index contributed by atoms with van der Waals surface area (Å²) >= 11 is 0. The predicted molar refractivity (Wildman–Crippen MR) is 97.5 cm³/mol. The average Bonchev–Trinajstić information content (AvgIpc) is 3.03. The quantitative estimate of drug-likeness (QED) is 0.732. The molecule has 2 amide bonds. The molecule has 2 heterocycles. The van der Waals surface area contributed by atoms with E-state index in [9.17, 15) is 9.59 Å². The maximum absolute atomic E-state index is 12.5. The van der Waals surface area contributed by atoms with Crippen LogP contribution in [-0.4, -0.2) is 41.1 Å². The SMILES string of the molecule is CCCCN(C(=O)OC(C)(C)C)c1ccc([C@H]2CCCN2C=O)cn1. The smallest absolute Gasteiger partial charge is 0.416 e. The van der Waals surface area contributed by atoms with Gasteiger partial charge in [0, 0.05) is 19.3 Å². The van der Waals surface area contributed by atoms with E-state index in [1.54, 1.807) is 16.0 Å². The van der Waals surface area contributed by atoms with E-state index >= 15 is 0 Å². The molecule has 1 aromatic rings. The molecule has 1 saturated heterocycles. The van der Waals surface area contributed by atoms with Crippen LogP contribution in [-0.2, 0) is 9.53 Å². The molecule has 2 rings (SSSR count). The Hall–Kier alpha value is -2.11. The summed E-state index contributed by atoms with van der Waals surface area (Å²) in [6, 6.07) is 3.89. The van der Waals surface area contributed by atoms with Gasteiger partial charge in [0.05, 0.1) is 6.04 Å².